The topological polar surface area (TPSA) is 26.3 Å². The van der Waals surface area contributed by atoms with Gasteiger partial charge in [0.15, 0.2) is 0 Å². The van der Waals surface area contributed by atoms with Gasteiger partial charge in [0.2, 0.25) is 0 Å². The number of hydrogen-bond donors (Lipinski definition) is 0. The third kappa shape index (κ3) is 20.4. The number of rotatable bonds is 19. The highest BCUT2D eigenvalue weighted by Crippen LogP contribution is 2.14. The molecule has 0 radical (unpaired) electrons. The lowest BCUT2D eigenvalue weighted by atomic mass is 10.0. The number of alkyl halides is 1. The van der Waals surface area contributed by atoms with Crippen LogP contribution in [0.2, 0.25) is 0 Å². The van der Waals surface area contributed by atoms with Crippen LogP contribution < -0.4 is 0 Å². The van der Waals surface area contributed by atoms with Gasteiger partial charge in [-0.05, 0) is 13.3 Å². The van der Waals surface area contributed by atoms with Crippen molar-refractivity contribution in [1.82, 2.24) is 0 Å². The summed E-state index contributed by atoms with van der Waals surface area (Å²) < 4.78 is 5.16. The number of carbonyl (C=O) groups excluding carboxylic acids is 1. The zero-order valence-corrected chi connectivity index (χ0v) is 19.2. The molecule has 1 atom stereocenters. The van der Waals surface area contributed by atoms with Crippen LogP contribution in [0.3, 0.4) is 0 Å². The second-order valence-electron chi connectivity index (χ2n) is 7.44. The maximum Gasteiger partial charge on any atom is 0.318 e. The molecule has 3 heteroatoms. The molecule has 0 heterocycles. The van der Waals surface area contributed by atoms with Gasteiger partial charge in [-0.3, -0.25) is 4.79 Å². The molecular weight excluding hydrogens is 423 g/mol. The van der Waals surface area contributed by atoms with Crippen molar-refractivity contribution in [1.29, 1.82) is 0 Å². The van der Waals surface area contributed by atoms with E-state index in [-0.39, 0.29) is 9.89 Å². The zero-order valence-electron chi connectivity index (χ0n) is 17.0. The molecule has 0 aliphatic carbocycles. The van der Waals surface area contributed by atoms with Crippen molar-refractivity contribution in [2.45, 2.75) is 127 Å². The molecule has 0 saturated heterocycles. The van der Waals surface area contributed by atoms with E-state index in [1.165, 1.54) is 103 Å². The van der Waals surface area contributed by atoms with E-state index in [9.17, 15) is 4.79 Å². The second-order valence-corrected chi connectivity index (χ2v) is 9.31. The number of unbranched alkanes of at least 4 members (excludes halogenated alkanes) is 16. The first kappa shape index (κ1) is 25.2. The quantitative estimate of drug-likeness (QED) is 0.0834. The molecule has 150 valence electrons. The highest BCUT2D eigenvalue weighted by atomic mass is 127. The molecule has 0 aromatic carbocycles. The van der Waals surface area contributed by atoms with Gasteiger partial charge < -0.3 is 4.74 Å². The normalized spacial score (nSPS) is 12.3. The molecule has 0 spiro atoms. The van der Waals surface area contributed by atoms with E-state index in [4.69, 9.17) is 4.74 Å². The summed E-state index contributed by atoms with van der Waals surface area (Å²) in [6.45, 7) is 4.76. The Morgan fingerprint density at radius 3 is 1.32 bits per heavy atom. The highest BCUT2D eigenvalue weighted by molar-refractivity contribution is 14.1. The fourth-order valence-electron chi connectivity index (χ4n) is 3.11. The molecule has 0 aromatic heterocycles. The summed E-state index contributed by atoms with van der Waals surface area (Å²) in [6, 6.07) is 0. The third-order valence-corrected chi connectivity index (χ3v) is 5.33. The highest BCUT2D eigenvalue weighted by Gasteiger charge is 2.08. The first-order chi connectivity index (χ1) is 12.2. The van der Waals surface area contributed by atoms with Crippen LogP contribution in [0.1, 0.15) is 123 Å². The average molecular weight is 466 g/mol. The molecule has 0 fully saturated rings. The zero-order chi connectivity index (χ0) is 18.6. The number of halogens is 1. The Bertz CT molecular complexity index is 279. The molecular formula is C22H43IO2. The monoisotopic (exact) mass is 466 g/mol. The van der Waals surface area contributed by atoms with Crippen LogP contribution in [0, 0.1) is 0 Å². The van der Waals surface area contributed by atoms with Crippen LogP contribution >= 0.6 is 22.6 Å². The van der Waals surface area contributed by atoms with Crippen LogP contribution in [-0.4, -0.2) is 16.5 Å². The molecule has 1 unspecified atom stereocenters. The Balaban J connectivity index is 3.04. The minimum atomic E-state index is -0.0721. The summed E-state index contributed by atoms with van der Waals surface area (Å²) in [5, 5.41) is 0. The minimum absolute atomic E-state index is 0.0246. The fourth-order valence-corrected chi connectivity index (χ4v) is 3.29. The van der Waals surface area contributed by atoms with Crippen molar-refractivity contribution in [3.05, 3.63) is 0 Å². The lowest BCUT2D eigenvalue weighted by Gasteiger charge is -2.06. The first-order valence-electron chi connectivity index (χ1n) is 11.0. The van der Waals surface area contributed by atoms with Gasteiger partial charge in [-0.1, -0.05) is 132 Å². The van der Waals surface area contributed by atoms with E-state index in [0.29, 0.717) is 6.61 Å². The molecule has 0 aliphatic heterocycles. The Kier molecular flexibility index (Phi) is 20.7. The van der Waals surface area contributed by atoms with Crippen LogP contribution in [0.25, 0.3) is 0 Å². The van der Waals surface area contributed by atoms with Gasteiger partial charge in [-0.25, -0.2) is 0 Å². The standard InChI is InChI=1S/C22H43IO2/c1-3-4-5-6-7-8-9-10-11-12-13-14-15-16-17-18-19-20-25-22(24)21(2)23/h21H,3-20H2,1-2H3. The predicted molar refractivity (Wildman–Crippen MR) is 119 cm³/mol. The SMILES string of the molecule is CCCCCCCCCCCCCCCCCCCOC(=O)C(C)I. The molecule has 0 aromatic rings. The molecule has 0 bridgehead atoms. The van der Waals surface area contributed by atoms with Gasteiger partial charge in [-0.15, -0.1) is 0 Å². The van der Waals surface area contributed by atoms with E-state index in [1.807, 2.05) is 6.92 Å². The molecule has 0 N–H and O–H groups in total. The lowest BCUT2D eigenvalue weighted by molar-refractivity contribution is -0.142. The number of ether oxygens (including phenoxy) is 1. The summed E-state index contributed by atoms with van der Waals surface area (Å²) in [5.41, 5.74) is 0. The van der Waals surface area contributed by atoms with Gasteiger partial charge >= 0.3 is 5.97 Å². The van der Waals surface area contributed by atoms with Crippen molar-refractivity contribution in [3.63, 3.8) is 0 Å². The summed E-state index contributed by atoms with van der Waals surface area (Å²) >= 11 is 2.10. The van der Waals surface area contributed by atoms with E-state index in [0.717, 1.165) is 6.42 Å². The summed E-state index contributed by atoms with van der Waals surface area (Å²) in [6.07, 6.45) is 23.4. The van der Waals surface area contributed by atoms with Crippen LogP contribution in [-0.2, 0) is 9.53 Å². The Morgan fingerprint density at radius 1 is 0.680 bits per heavy atom. The molecule has 0 saturated carbocycles. The van der Waals surface area contributed by atoms with Crippen molar-refractivity contribution in [3.8, 4) is 0 Å². The van der Waals surface area contributed by atoms with Crippen LogP contribution in [0.5, 0.6) is 0 Å². The molecule has 25 heavy (non-hydrogen) atoms. The molecule has 0 aliphatic rings. The summed E-state index contributed by atoms with van der Waals surface area (Å²) in [7, 11) is 0. The Hall–Kier alpha value is 0.200. The maximum atomic E-state index is 11.3. The first-order valence-corrected chi connectivity index (χ1v) is 12.2. The Morgan fingerprint density at radius 2 is 1.00 bits per heavy atom. The van der Waals surface area contributed by atoms with E-state index in [2.05, 4.69) is 29.5 Å². The molecule has 0 rings (SSSR count). The largest absolute Gasteiger partial charge is 0.465 e. The van der Waals surface area contributed by atoms with E-state index < -0.39 is 0 Å². The fraction of sp³-hybridized carbons (Fsp3) is 0.955. The summed E-state index contributed by atoms with van der Waals surface area (Å²) in [4.78, 5) is 11.3. The smallest absolute Gasteiger partial charge is 0.318 e. The summed E-state index contributed by atoms with van der Waals surface area (Å²) in [5.74, 6) is -0.0721. The second kappa shape index (κ2) is 20.5. The number of carbonyl (C=O) groups is 1. The van der Waals surface area contributed by atoms with Gasteiger partial charge in [0.1, 0.15) is 3.92 Å². The third-order valence-electron chi connectivity index (χ3n) is 4.82. The van der Waals surface area contributed by atoms with Gasteiger partial charge in [0.25, 0.3) is 0 Å². The van der Waals surface area contributed by atoms with Crippen LogP contribution in [0.15, 0.2) is 0 Å². The van der Waals surface area contributed by atoms with E-state index >= 15 is 0 Å². The van der Waals surface area contributed by atoms with Gasteiger partial charge in [-0.2, -0.15) is 0 Å². The van der Waals surface area contributed by atoms with Gasteiger partial charge in [0.05, 0.1) is 6.61 Å². The van der Waals surface area contributed by atoms with Crippen LogP contribution in [0.4, 0.5) is 0 Å². The lowest BCUT2D eigenvalue weighted by Crippen LogP contribution is -2.14. The van der Waals surface area contributed by atoms with Crippen molar-refractivity contribution >= 4 is 28.6 Å². The molecule has 0 amide bonds. The predicted octanol–water partition coefficient (Wildman–Crippen LogP) is 8.00. The maximum absolute atomic E-state index is 11.3. The average Bonchev–Trinajstić information content (AvgIpc) is 2.60. The Labute approximate surface area is 171 Å². The van der Waals surface area contributed by atoms with Crippen molar-refractivity contribution in [2.24, 2.45) is 0 Å². The van der Waals surface area contributed by atoms with Crippen molar-refractivity contribution < 1.29 is 9.53 Å². The number of hydrogen-bond acceptors (Lipinski definition) is 2. The van der Waals surface area contributed by atoms with Gasteiger partial charge in [0, 0.05) is 0 Å². The minimum Gasteiger partial charge on any atom is -0.465 e. The van der Waals surface area contributed by atoms with E-state index in [1.54, 1.807) is 0 Å². The van der Waals surface area contributed by atoms with Crippen molar-refractivity contribution in [2.75, 3.05) is 6.61 Å². The molecule has 2 nitrogen and oxygen atoms in total. The number of esters is 1.